The van der Waals surface area contributed by atoms with Crippen LogP contribution < -0.4 is 9.62 Å². The molecule has 0 saturated carbocycles. The van der Waals surface area contributed by atoms with Crippen LogP contribution >= 0.6 is 11.3 Å². The van der Waals surface area contributed by atoms with Crippen molar-refractivity contribution >= 4 is 54.0 Å². The summed E-state index contributed by atoms with van der Waals surface area (Å²) < 4.78 is 34.4. The summed E-state index contributed by atoms with van der Waals surface area (Å²) in [6, 6.07) is 23.5. The molecule has 0 unspecified atom stereocenters. The van der Waals surface area contributed by atoms with E-state index in [1.54, 1.807) is 30.6 Å². The summed E-state index contributed by atoms with van der Waals surface area (Å²) in [5, 5.41) is 4.47. The van der Waals surface area contributed by atoms with Crippen LogP contribution in [-0.2, 0) is 10.0 Å². The fourth-order valence-corrected chi connectivity index (χ4v) is 6.85. The molecule has 3 aromatic carbocycles. The molecule has 3 aromatic heterocycles. The van der Waals surface area contributed by atoms with Gasteiger partial charge >= 0.3 is 0 Å². The second-order valence-corrected chi connectivity index (χ2v) is 13.4. The zero-order valence-electron chi connectivity index (χ0n) is 23.8. The molecule has 7 nitrogen and oxygen atoms in total. The molecule has 0 aliphatic carbocycles. The Labute approximate surface area is 248 Å². The number of furan rings is 1. The predicted octanol–water partition coefficient (Wildman–Crippen LogP) is 7.42. The quantitative estimate of drug-likeness (QED) is 0.216. The van der Waals surface area contributed by atoms with E-state index in [0.717, 1.165) is 42.9 Å². The molecule has 6 rings (SSSR count). The van der Waals surface area contributed by atoms with Gasteiger partial charge in [-0.05, 0) is 54.6 Å². The fourth-order valence-electron chi connectivity index (χ4n) is 5.22. The lowest BCUT2D eigenvalue weighted by Gasteiger charge is -2.22. The minimum atomic E-state index is -3.63. The number of pyridine rings is 1. The normalized spacial score (nSPS) is 11.7. The van der Waals surface area contributed by atoms with Gasteiger partial charge in [0.2, 0.25) is 10.0 Å². The second-order valence-electron chi connectivity index (χ2n) is 10.3. The second kappa shape index (κ2) is 10.4. The van der Waals surface area contributed by atoms with Gasteiger partial charge in [0.05, 0.1) is 28.1 Å². The molecule has 0 aliphatic rings. The highest BCUT2D eigenvalue weighted by Crippen LogP contribution is 2.44. The van der Waals surface area contributed by atoms with Crippen molar-refractivity contribution in [3.8, 4) is 33.0 Å². The molecule has 212 valence electrons. The number of benzene rings is 3. The molecule has 1 N–H and O–H groups in total. The lowest BCUT2D eigenvalue weighted by molar-refractivity contribution is 0.0964. The minimum Gasteiger partial charge on any atom is -0.455 e. The number of aryl methyl sites for hydroxylation is 1. The lowest BCUT2D eigenvalue weighted by atomic mass is 9.95. The van der Waals surface area contributed by atoms with Crippen LogP contribution in [-0.4, -0.2) is 39.7 Å². The van der Waals surface area contributed by atoms with Crippen molar-refractivity contribution in [3.05, 3.63) is 95.7 Å². The van der Waals surface area contributed by atoms with E-state index >= 15 is 0 Å². The van der Waals surface area contributed by atoms with E-state index in [0.29, 0.717) is 33.5 Å². The minimum absolute atomic E-state index is 0.295. The van der Waals surface area contributed by atoms with Crippen LogP contribution in [0, 0.1) is 13.8 Å². The Kier molecular flexibility index (Phi) is 6.87. The Hall–Kier alpha value is -4.47. The maximum absolute atomic E-state index is 13.3. The predicted molar refractivity (Wildman–Crippen MR) is 172 cm³/mol. The van der Waals surface area contributed by atoms with Crippen molar-refractivity contribution in [1.82, 2.24) is 10.3 Å². The van der Waals surface area contributed by atoms with Crippen molar-refractivity contribution in [1.29, 1.82) is 0 Å². The van der Waals surface area contributed by atoms with Crippen LogP contribution in [0.2, 0.25) is 0 Å². The summed E-state index contributed by atoms with van der Waals surface area (Å²) in [4.78, 5) is 19.0. The van der Waals surface area contributed by atoms with E-state index < -0.39 is 10.0 Å². The Bertz CT molecular complexity index is 2080. The van der Waals surface area contributed by atoms with Gasteiger partial charge in [0.15, 0.2) is 0 Å². The van der Waals surface area contributed by atoms with Gasteiger partial charge in [0.1, 0.15) is 11.3 Å². The largest absolute Gasteiger partial charge is 0.455 e. The van der Waals surface area contributed by atoms with E-state index in [1.165, 1.54) is 17.6 Å². The van der Waals surface area contributed by atoms with Gasteiger partial charge < -0.3 is 9.73 Å². The number of aromatic nitrogens is 1. The number of fused-ring (bicyclic) bond motifs is 2. The maximum Gasteiger partial charge on any atom is 0.255 e. The van der Waals surface area contributed by atoms with E-state index in [4.69, 9.17) is 9.40 Å². The third-order valence-electron chi connectivity index (χ3n) is 7.56. The van der Waals surface area contributed by atoms with Crippen LogP contribution in [0.4, 0.5) is 5.69 Å². The first-order valence-corrected chi connectivity index (χ1v) is 16.0. The molecule has 0 radical (unpaired) electrons. The van der Waals surface area contributed by atoms with Crippen molar-refractivity contribution in [2.24, 2.45) is 0 Å². The van der Waals surface area contributed by atoms with Crippen molar-refractivity contribution in [2.45, 2.75) is 13.8 Å². The average Bonchev–Trinajstić information content (AvgIpc) is 3.57. The highest BCUT2D eigenvalue weighted by molar-refractivity contribution is 7.92. The van der Waals surface area contributed by atoms with Gasteiger partial charge in [0, 0.05) is 47.6 Å². The zero-order valence-corrected chi connectivity index (χ0v) is 25.5. The molecule has 0 aliphatic heterocycles. The van der Waals surface area contributed by atoms with Gasteiger partial charge in [0.25, 0.3) is 5.91 Å². The lowest BCUT2D eigenvalue weighted by Crippen LogP contribution is -2.25. The number of thiophene rings is 1. The third-order valence-corrected chi connectivity index (χ3v) is 9.88. The van der Waals surface area contributed by atoms with Crippen LogP contribution in [0.1, 0.15) is 21.5 Å². The van der Waals surface area contributed by atoms with Crippen molar-refractivity contribution in [3.63, 3.8) is 0 Å². The average molecular weight is 596 g/mol. The first-order chi connectivity index (χ1) is 20.1. The number of nitrogens with zero attached hydrogens (tertiary/aromatic N) is 2. The van der Waals surface area contributed by atoms with Crippen LogP contribution in [0.15, 0.2) is 83.4 Å². The van der Waals surface area contributed by atoms with E-state index in [1.807, 2.05) is 62.4 Å². The SMILES string of the molecule is CNC(=O)c1c(-c2ccc(C)cc2)oc2cc(N(C)S(C)(=O)=O)c(-c3ccnc(-c4cc5ccccc5s4)c3C)cc12. The number of carbonyl (C=O) groups excluding carboxylic acids is 1. The summed E-state index contributed by atoms with van der Waals surface area (Å²) >= 11 is 1.66. The van der Waals surface area contributed by atoms with Gasteiger partial charge in [-0.25, -0.2) is 8.42 Å². The standard InChI is InChI=1S/C33H29N3O4S2/c1-19-10-12-21(13-11-19)32-30(33(37)34-3)25-17-24(26(18-27(25)40-32)36(4)42(5,38)39)23-14-15-35-31(20(23)2)29-16-22-8-6-7-9-28(22)41-29/h6-18H,1-5H3,(H,34,37). The number of hydrogen-bond acceptors (Lipinski definition) is 6. The van der Waals surface area contributed by atoms with Crippen LogP contribution in [0.5, 0.6) is 0 Å². The van der Waals surface area contributed by atoms with E-state index in [2.05, 4.69) is 23.5 Å². The Morgan fingerprint density at radius 3 is 2.40 bits per heavy atom. The highest BCUT2D eigenvalue weighted by Gasteiger charge is 2.27. The molecule has 42 heavy (non-hydrogen) atoms. The first-order valence-electron chi connectivity index (χ1n) is 13.4. The Morgan fingerprint density at radius 2 is 1.71 bits per heavy atom. The summed E-state index contributed by atoms with van der Waals surface area (Å²) in [5.74, 6) is 0.129. The van der Waals surface area contributed by atoms with Crippen molar-refractivity contribution in [2.75, 3.05) is 24.7 Å². The Balaban J connectivity index is 1.64. The van der Waals surface area contributed by atoms with Gasteiger partial charge in [-0.15, -0.1) is 11.3 Å². The van der Waals surface area contributed by atoms with Crippen LogP contribution in [0.25, 0.3) is 54.1 Å². The Morgan fingerprint density at radius 1 is 0.976 bits per heavy atom. The molecule has 0 bridgehead atoms. The topological polar surface area (TPSA) is 92.5 Å². The molecule has 9 heteroatoms. The molecular weight excluding hydrogens is 567 g/mol. The van der Waals surface area contributed by atoms with Crippen molar-refractivity contribution < 1.29 is 17.6 Å². The summed E-state index contributed by atoms with van der Waals surface area (Å²) in [5.41, 5.74) is 6.26. The number of amides is 1. The molecular formula is C33H29N3O4S2. The van der Waals surface area contributed by atoms with E-state index in [-0.39, 0.29) is 5.91 Å². The summed E-state index contributed by atoms with van der Waals surface area (Å²) in [6.45, 7) is 3.98. The highest BCUT2D eigenvalue weighted by atomic mass is 32.2. The molecule has 0 atom stereocenters. The third kappa shape index (κ3) is 4.74. The summed E-state index contributed by atoms with van der Waals surface area (Å²) in [7, 11) is -0.529. The number of carbonyl (C=O) groups is 1. The summed E-state index contributed by atoms with van der Waals surface area (Å²) in [6.07, 6.45) is 2.90. The maximum atomic E-state index is 13.3. The number of nitrogens with one attached hydrogen (secondary N) is 1. The molecule has 3 heterocycles. The van der Waals surface area contributed by atoms with Gasteiger partial charge in [-0.1, -0.05) is 48.0 Å². The fraction of sp³-hybridized carbons (Fsp3) is 0.152. The van der Waals surface area contributed by atoms with E-state index in [9.17, 15) is 13.2 Å². The number of anilines is 1. The number of sulfonamides is 1. The molecule has 0 spiro atoms. The molecule has 6 aromatic rings. The zero-order chi connectivity index (χ0) is 29.8. The molecule has 1 amide bonds. The first kappa shape index (κ1) is 27.7. The van der Waals surface area contributed by atoms with Gasteiger partial charge in [-0.2, -0.15) is 0 Å². The number of hydrogen-bond donors (Lipinski definition) is 1. The number of rotatable bonds is 6. The monoisotopic (exact) mass is 595 g/mol. The molecule has 0 fully saturated rings. The van der Waals surface area contributed by atoms with Gasteiger partial charge in [-0.3, -0.25) is 14.1 Å². The van der Waals surface area contributed by atoms with Crippen LogP contribution in [0.3, 0.4) is 0 Å². The smallest absolute Gasteiger partial charge is 0.255 e. The molecule has 0 saturated heterocycles.